The van der Waals surface area contributed by atoms with Crippen molar-refractivity contribution in [3.63, 3.8) is 0 Å². The van der Waals surface area contributed by atoms with Crippen molar-refractivity contribution >= 4 is 0 Å². The van der Waals surface area contributed by atoms with Gasteiger partial charge < -0.3 is 9.88 Å². The number of nitrogens with one attached hydrogen (secondary N) is 1. The van der Waals surface area contributed by atoms with Crippen molar-refractivity contribution in [3.8, 4) is 0 Å². The number of aromatic nitrogens is 2. The summed E-state index contributed by atoms with van der Waals surface area (Å²) in [5, 5.41) is 3.48. The van der Waals surface area contributed by atoms with Crippen LogP contribution in [-0.4, -0.2) is 16.1 Å². The van der Waals surface area contributed by atoms with Gasteiger partial charge in [0.1, 0.15) is 5.82 Å². The molecule has 0 spiro atoms. The second-order valence-electron chi connectivity index (χ2n) is 7.31. The highest BCUT2D eigenvalue weighted by Gasteiger charge is 2.25. The fourth-order valence-electron chi connectivity index (χ4n) is 3.97. The first-order chi connectivity index (χ1) is 10.3. The van der Waals surface area contributed by atoms with Crippen LogP contribution in [0.4, 0.5) is 0 Å². The molecule has 0 atom stereocenters. The standard InChI is InChI=1S/C18H31N3/c1-14(2)7-6-12-21-17-10-11-19-13-16(17)20-18(21)15-8-4-3-5-9-15/h14-15,19H,3-13H2,1-2H3. The predicted octanol–water partition coefficient (Wildman–Crippen LogP) is 4.01. The summed E-state index contributed by atoms with van der Waals surface area (Å²) in [6.45, 7) is 7.94. The molecule has 0 unspecified atom stereocenters. The molecular formula is C18H31N3. The van der Waals surface area contributed by atoms with E-state index in [-0.39, 0.29) is 0 Å². The first-order valence-corrected chi connectivity index (χ1v) is 9.04. The van der Waals surface area contributed by atoms with Gasteiger partial charge in [-0.3, -0.25) is 0 Å². The molecule has 1 saturated carbocycles. The van der Waals surface area contributed by atoms with Crippen molar-refractivity contribution < 1.29 is 0 Å². The van der Waals surface area contributed by atoms with Crippen LogP contribution < -0.4 is 5.32 Å². The van der Waals surface area contributed by atoms with Gasteiger partial charge in [-0.15, -0.1) is 0 Å². The van der Waals surface area contributed by atoms with Gasteiger partial charge in [0.15, 0.2) is 0 Å². The molecular weight excluding hydrogens is 258 g/mol. The van der Waals surface area contributed by atoms with E-state index >= 15 is 0 Å². The lowest BCUT2D eigenvalue weighted by molar-refractivity contribution is 0.406. The number of fused-ring (bicyclic) bond motifs is 1. The maximum atomic E-state index is 5.07. The molecule has 0 aromatic carbocycles. The Hall–Kier alpha value is -0.830. The Morgan fingerprint density at radius 3 is 2.81 bits per heavy atom. The maximum absolute atomic E-state index is 5.07. The average molecular weight is 289 g/mol. The van der Waals surface area contributed by atoms with Crippen LogP contribution in [-0.2, 0) is 19.5 Å². The van der Waals surface area contributed by atoms with Gasteiger partial charge in [0, 0.05) is 37.7 Å². The minimum absolute atomic E-state index is 0.725. The number of hydrogen-bond acceptors (Lipinski definition) is 2. The molecule has 0 bridgehead atoms. The third-order valence-electron chi connectivity index (χ3n) is 5.15. The van der Waals surface area contributed by atoms with E-state index in [0.29, 0.717) is 0 Å². The lowest BCUT2D eigenvalue weighted by atomic mass is 9.88. The van der Waals surface area contributed by atoms with Gasteiger partial charge in [-0.2, -0.15) is 0 Å². The molecule has 1 aromatic rings. The molecule has 3 rings (SSSR count). The van der Waals surface area contributed by atoms with Crippen molar-refractivity contribution in [2.45, 2.75) is 84.2 Å². The summed E-state index contributed by atoms with van der Waals surface area (Å²) in [7, 11) is 0. The van der Waals surface area contributed by atoms with Crippen LogP contribution in [0.3, 0.4) is 0 Å². The zero-order chi connectivity index (χ0) is 14.7. The van der Waals surface area contributed by atoms with Gasteiger partial charge in [0.25, 0.3) is 0 Å². The summed E-state index contributed by atoms with van der Waals surface area (Å²) in [6, 6.07) is 0. The largest absolute Gasteiger partial charge is 0.331 e. The third kappa shape index (κ3) is 3.50. The van der Waals surface area contributed by atoms with E-state index in [9.17, 15) is 0 Å². The monoisotopic (exact) mass is 289 g/mol. The van der Waals surface area contributed by atoms with Crippen molar-refractivity contribution in [2.75, 3.05) is 6.54 Å². The molecule has 0 radical (unpaired) electrons. The average Bonchev–Trinajstić information content (AvgIpc) is 2.87. The molecule has 2 heterocycles. The van der Waals surface area contributed by atoms with E-state index in [1.165, 1.54) is 68.7 Å². The normalized spacial score (nSPS) is 20.0. The van der Waals surface area contributed by atoms with Gasteiger partial charge >= 0.3 is 0 Å². The van der Waals surface area contributed by atoms with Gasteiger partial charge in [-0.05, 0) is 31.6 Å². The summed E-state index contributed by atoms with van der Waals surface area (Å²) < 4.78 is 2.62. The zero-order valence-electron chi connectivity index (χ0n) is 13.8. The minimum atomic E-state index is 0.725. The van der Waals surface area contributed by atoms with Crippen LogP contribution in [0.15, 0.2) is 0 Å². The van der Waals surface area contributed by atoms with Crippen LogP contribution in [0.1, 0.15) is 81.9 Å². The molecule has 0 amide bonds. The summed E-state index contributed by atoms with van der Waals surface area (Å²) in [4.78, 5) is 5.07. The van der Waals surface area contributed by atoms with E-state index < -0.39 is 0 Å². The molecule has 1 aliphatic carbocycles. The maximum Gasteiger partial charge on any atom is 0.112 e. The van der Waals surface area contributed by atoms with Gasteiger partial charge in [0.2, 0.25) is 0 Å². The number of nitrogens with zero attached hydrogens (tertiary/aromatic N) is 2. The van der Waals surface area contributed by atoms with Crippen molar-refractivity contribution in [2.24, 2.45) is 5.92 Å². The van der Waals surface area contributed by atoms with E-state index in [1.807, 2.05) is 0 Å². The zero-order valence-corrected chi connectivity index (χ0v) is 13.8. The van der Waals surface area contributed by atoms with Crippen molar-refractivity contribution in [3.05, 3.63) is 17.2 Å². The lowest BCUT2D eigenvalue weighted by Gasteiger charge is -2.23. The molecule has 1 N–H and O–H groups in total. The Balaban J connectivity index is 1.81. The Morgan fingerprint density at radius 1 is 1.24 bits per heavy atom. The van der Waals surface area contributed by atoms with E-state index in [2.05, 4.69) is 23.7 Å². The summed E-state index contributed by atoms with van der Waals surface area (Å²) in [5.74, 6) is 2.96. The molecule has 3 nitrogen and oxygen atoms in total. The minimum Gasteiger partial charge on any atom is -0.331 e. The van der Waals surface area contributed by atoms with Crippen molar-refractivity contribution in [1.29, 1.82) is 0 Å². The van der Waals surface area contributed by atoms with Crippen LogP contribution in [0.25, 0.3) is 0 Å². The lowest BCUT2D eigenvalue weighted by Crippen LogP contribution is -2.25. The predicted molar refractivity (Wildman–Crippen MR) is 87.5 cm³/mol. The first kappa shape index (κ1) is 15.1. The van der Waals surface area contributed by atoms with E-state index in [1.54, 1.807) is 0 Å². The Morgan fingerprint density at radius 2 is 2.05 bits per heavy atom. The van der Waals surface area contributed by atoms with E-state index in [4.69, 9.17) is 4.98 Å². The Bertz CT molecular complexity index is 455. The molecule has 3 heteroatoms. The molecule has 1 fully saturated rings. The topological polar surface area (TPSA) is 29.9 Å². The van der Waals surface area contributed by atoms with Crippen LogP contribution in [0, 0.1) is 5.92 Å². The summed E-state index contributed by atoms with van der Waals surface area (Å²) in [5.41, 5.74) is 2.88. The Labute approximate surface area is 129 Å². The molecule has 118 valence electrons. The molecule has 21 heavy (non-hydrogen) atoms. The highest BCUT2D eigenvalue weighted by Crippen LogP contribution is 2.34. The van der Waals surface area contributed by atoms with Gasteiger partial charge in [0.05, 0.1) is 5.69 Å². The molecule has 0 saturated heterocycles. The number of imidazole rings is 1. The fourth-order valence-corrected chi connectivity index (χ4v) is 3.97. The molecule has 1 aliphatic heterocycles. The van der Waals surface area contributed by atoms with Crippen LogP contribution >= 0.6 is 0 Å². The van der Waals surface area contributed by atoms with Gasteiger partial charge in [-0.1, -0.05) is 33.1 Å². The molecule has 2 aliphatic rings. The van der Waals surface area contributed by atoms with Crippen LogP contribution in [0.5, 0.6) is 0 Å². The highest BCUT2D eigenvalue weighted by molar-refractivity contribution is 5.22. The summed E-state index contributed by atoms with van der Waals surface area (Å²) >= 11 is 0. The smallest absolute Gasteiger partial charge is 0.112 e. The quantitative estimate of drug-likeness (QED) is 0.887. The number of hydrogen-bond donors (Lipinski definition) is 1. The third-order valence-corrected chi connectivity index (χ3v) is 5.15. The molecule has 1 aromatic heterocycles. The second-order valence-corrected chi connectivity index (χ2v) is 7.31. The first-order valence-electron chi connectivity index (χ1n) is 9.04. The second kappa shape index (κ2) is 6.95. The Kier molecular flexibility index (Phi) is 4.99. The van der Waals surface area contributed by atoms with Crippen molar-refractivity contribution in [1.82, 2.24) is 14.9 Å². The highest BCUT2D eigenvalue weighted by atomic mass is 15.1. The van der Waals surface area contributed by atoms with E-state index in [0.717, 1.165) is 31.3 Å². The SMILES string of the molecule is CC(C)CCCn1c(C2CCCCC2)nc2c1CCNC2. The van der Waals surface area contributed by atoms with Crippen LogP contribution in [0.2, 0.25) is 0 Å². The summed E-state index contributed by atoms with van der Waals surface area (Å²) in [6.07, 6.45) is 10.7. The van der Waals surface area contributed by atoms with Gasteiger partial charge in [-0.25, -0.2) is 4.98 Å². The number of rotatable bonds is 5. The fraction of sp³-hybridized carbons (Fsp3) is 0.833.